The first-order valence-electron chi connectivity index (χ1n) is 11.8. The summed E-state index contributed by atoms with van der Waals surface area (Å²) >= 11 is 1.37. The van der Waals surface area contributed by atoms with Crippen molar-refractivity contribution in [1.29, 1.82) is 0 Å². The van der Waals surface area contributed by atoms with Crippen molar-refractivity contribution in [3.63, 3.8) is 0 Å². The number of hydrogen-bond donors (Lipinski definition) is 1. The lowest BCUT2D eigenvalue weighted by atomic mass is 9.93. The van der Waals surface area contributed by atoms with Crippen LogP contribution in [0.25, 0.3) is 0 Å². The van der Waals surface area contributed by atoms with Gasteiger partial charge in [0.15, 0.2) is 5.17 Å². The number of thioether (sulfide) groups is 1. The lowest BCUT2D eigenvalue weighted by Gasteiger charge is -2.36. The van der Waals surface area contributed by atoms with Gasteiger partial charge < -0.3 is 24.4 Å². The van der Waals surface area contributed by atoms with E-state index in [4.69, 9.17) is 14.2 Å². The zero-order valence-electron chi connectivity index (χ0n) is 21.3. The van der Waals surface area contributed by atoms with Gasteiger partial charge in [-0.2, -0.15) is 0 Å². The summed E-state index contributed by atoms with van der Waals surface area (Å²) in [7, 11) is 3.10. The first-order chi connectivity index (χ1) is 18.4. The van der Waals surface area contributed by atoms with E-state index in [2.05, 4.69) is 16.9 Å². The molecule has 0 aliphatic carbocycles. The summed E-state index contributed by atoms with van der Waals surface area (Å²) in [6.45, 7) is 5.68. The van der Waals surface area contributed by atoms with Crippen molar-refractivity contribution in [3.8, 4) is 11.5 Å². The second-order valence-corrected chi connectivity index (χ2v) is 9.30. The van der Waals surface area contributed by atoms with Crippen molar-refractivity contribution in [2.24, 2.45) is 4.99 Å². The van der Waals surface area contributed by atoms with E-state index >= 15 is 0 Å². The number of hydrogen-bond acceptors (Lipinski definition) is 8. The third kappa shape index (κ3) is 5.75. The molecule has 0 radical (unpaired) electrons. The zero-order chi connectivity index (χ0) is 27.2. The minimum Gasteiger partial charge on any atom is -0.497 e. The number of carbonyl (C=O) groups is 2. The molecule has 0 bridgehead atoms. The number of esters is 1. The number of rotatable bonds is 10. The normalized spacial score (nSPS) is 16.3. The molecular formula is C28H28FN3O5S. The Labute approximate surface area is 224 Å². The number of methoxy groups -OCH3 is 2. The van der Waals surface area contributed by atoms with Crippen LogP contribution in [0.2, 0.25) is 0 Å². The fourth-order valence-electron chi connectivity index (χ4n) is 4.21. The molecule has 2 aromatic rings. The lowest BCUT2D eigenvalue weighted by Crippen LogP contribution is -2.38. The minimum atomic E-state index is -0.660. The first kappa shape index (κ1) is 27.0. The number of carbonyl (C=O) groups excluding carboxylic acids is 2. The standard InChI is InChI=1S/C28H28FN3O5S/c1-5-12-37-27(34)25-17(2)31-28-32(26(25)22-11-10-21(35-3)14-23(22)36-4)20(16-38-28)13-24(33)30-15-18-6-8-19(29)9-7-18/h5-11,14,16,26H,1,12-13,15H2,2-4H3,(H,30,33)/t26-/m1/s1. The van der Waals surface area contributed by atoms with Crippen LogP contribution >= 0.6 is 11.8 Å². The van der Waals surface area contributed by atoms with Gasteiger partial charge in [0.25, 0.3) is 0 Å². The maximum Gasteiger partial charge on any atom is 0.338 e. The van der Waals surface area contributed by atoms with Gasteiger partial charge in [-0.1, -0.05) is 36.5 Å². The molecule has 0 aromatic heterocycles. The Morgan fingerprint density at radius 3 is 2.63 bits per heavy atom. The third-order valence-electron chi connectivity index (χ3n) is 6.03. The zero-order valence-corrected chi connectivity index (χ0v) is 22.1. The Hall–Kier alpha value is -4.05. The van der Waals surface area contributed by atoms with E-state index < -0.39 is 12.0 Å². The molecule has 38 heavy (non-hydrogen) atoms. The second kappa shape index (κ2) is 12.0. The first-order valence-corrected chi connectivity index (χ1v) is 12.7. The fraction of sp³-hybridized carbons (Fsp3) is 0.250. The molecule has 2 aromatic carbocycles. The Kier molecular flexibility index (Phi) is 8.52. The second-order valence-electron chi connectivity index (χ2n) is 8.47. The summed E-state index contributed by atoms with van der Waals surface area (Å²) in [5.74, 6) is -0.00105. The summed E-state index contributed by atoms with van der Waals surface area (Å²) in [5.41, 5.74) is 2.97. The fourth-order valence-corrected chi connectivity index (χ4v) is 5.18. The molecule has 0 saturated carbocycles. The van der Waals surface area contributed by atoms with Gasteiger partial charge in [-0.15, -0.1) is 0 Å². The Balaban J connectivity index is 1.66. The van der Waals surface area contributed by atoms with E-state index in [1.54, 1.807) is 45.4 Å². The molecule has 0 spiro atoms. The smallest absolute Gasteiger partial charge is 0.338 e. The minimum absolute atomic E-state index is 0.0379. The number of halogens is 1. The van der Waals surface area contributed by atoms with Crippen LogP contribution in [-0.2, 0) is 20.9 Å². The molecule has 10 heteroatoms. The van der Waals surface area contributed by atoms with Crippen molar-refractivity contribution in [2.75, 3.05) is 20.8 Å². The number of fused-ring (bicyclic) bond motifs is 1. The average Bonchev–Trinajstić information content (AvgIpc) is 3.31. The number of nitrogens with zero attached hydrogens (tertiary/aromatic N) is 2. The van der Waals surface area contributed by atoms with Crippen molar-refractivity contribution >= 4 is 28.8 Å². The van der Waals surface area contributed by atoms with Crippen molar-refractivity contribution < 1.29 is 28.2 Å². The van der Waals surface area contributed by atoms with Crippen molar-refractivity contribution in [3.05, 3.63) is 94.4 Å². The highest BCUT2D eigenvalue weighted by atomic mass is 32.2. The Bertz CT molecular complexity index is 1340. The molecule has 2 aliphatic heterocycles. The van der Waals surface area contributed by atoms with Gasteiger partial charge in [0.2, 0.25) is 5.91 Å². The molecule has 1 atom stereocenters. The monoisotopic (exact) mass is 537 g/mol. The molecule has 8 nitrogen and oxygen atoms in total. The highest BCUT2D eigenvalue weighted by Crippen LogP contribution is 2.47. The van der Waals surface area contributed by atoms with Gasteiger partial charge in [-0.3, -0.25) is 4.79 Å². The van der Waals surface area contributed by atoms with Crippen LogP contribution in [0.5, 0.6) is 11.5 Å². The van der Waals surface area contributed by atoms with Crippen molar-refractivity contribution in [2.45, 2.75) is 25.9 Å². The number of benzene rings is 2. The van der Waals surface area contributed by atoms with E-state index in [9.17, 15) is 14.0 Å². The maximum absolute atomic E-state index is 13.3. The number of amidine groups is 1. The summed E-state index contributed by atoms with van der Waals surface area (Å²) in [6, 6.07) is 10.6. The van der Waals surface area contributed by atoms with Gasteiger partial charge in [0.1, 0.15) is 23.9 Å². The summed E-state index contributed by atoms with van der Waals surface area (Å²) in [5, 5.41) is 5.35. The molecule has 4 rings (SSSR count). The van der Waals surface area contributed by atoms with Crippen LogP contribution in [0.15, 0.2) is 82.5 Å². The Morgan fingerprint density at radius 2 is 1.95 bits per heavy atom. The molecule has 2 aliphatic rings. The summed E-state index contributed by atoms with van der Waals surface area (Å²) < 4.78 is 29.7. The number of ether oxygens (including phenoxy) is 3. The van der Waals surface area contributed by atoms with Crippen LogP contribution in [0.4, 0.5) is 4.39 Å². The van der Waals surface area contributed by atoms with Crippen LogP contribution in [-0.4, -0.2) is 42.8 Å². The largest absolute Gasteiger partial charge is 0.497 e. The van der Waals surface area contributed by atoms with Gasteiger partial charge in [0, 0.05) is 23.9 Å². The summed E-state index contributed by atoms with van der Waals surface area (Å²) in [4.78, 5) is 32.7. The number of allylic oxidation sites excluding steroid dienone is 1. The maximum atomic E-state index is 13.3. The predicted molar refractivity (Wildman–Crippen MR) is 144 cm³/mol. The van der Waals surface area contributed by atoms with Crippen LogP contribution in [0.3, 0.4) is 0 Å². The summed E-state index contributed by atoms with van der Waals surface area (Å²) in [6.07, 6.45) is 1.53. The quantitative estimate of drug-likeness (QED) is 0.342. The molecular weight excluding hydrogens is 509 g/mol. The average molecular weight is 538 g/mol. The third-order valence-corrected chi connectivity index (χ3v) is 6.92. The van der Waals surface area contributed by atoms with Gasteiger partial charge in [0.05, 0.1) is 38.0 Å². The highest BCUT2D eigenvalue weighted by Gasteiger charge is 2.42. The SMILES string of the molecule is C=CCOC(=O)C1=C(C)N=C2SC=C(CC(=O)NCc3ccc(F)cc3)N2[C@@H]1c1ccc(OC)cc1OC. The predicted octanol–water partition coefficient (Wildman–Crippen LogP) is 4.85. The number of aliphatic imine (C=N–C) groups is 1. The van der Waals surface area contributed by atoms with Gasteiger partial charge in [-0.25, -0.2) is 14.2 Å². The number of amides is 1. The lowest BCUT2D eigenvalue weighted by molar-refractivity contribution is -0.138. The van der Waals surface area contributed by atoms with E-state index in [0.29, 0.717) is 39.2 Å². The van der Waals surface area contributed by atoms with Crippen molar-refractivity contribution in [1.82, 2.24) is 10.2 Å². The van der Waals surface area contributed by atoms with Gasteiger partial charge in [-0.05, 0) is 42.2 Å². The molecule has 198 valence electrons. The molecule has 0 unspecified atom stereocenters. The van der Waals surface area contributed by atoms with Crippen LogP contribution in [0, 0.1) is 5.82 Å². The van der Waals surface area contributed by atoms with E-state index in [1.807, 2.05) is 16.4 Å². The van der Waals surface area contributed by atoms with E-state index in [1.165, 1.54) is 30.0 Å². The number of nitrogens with one attached hydrogen (secondary N) is 1. The Morgan fingerprint density at radius 1 is 1.18 bits per heavy atom. The highest BCUT2D eigenvalue weighted by molar-refractivity contribution is 8.16. The topological polar surface area (TPSA) is 89.5 Å². The molecule has 1 N–H and O–H groups in total. The molecule has 0 fully saturated rings. The molecule has 1 amide bonds. The van der Waals surface area contributed by atoms with Gasteiger partial charge >= 0.3 is 5.97 Å². The molecule has 0 saturated heterocycles. The van der Waals surface area contributed by atoms with E-state index in [-0.39, 0.29) is 31.3 Å². The van der Waals surface area contributed by atoms with Crippen LogP contribution < -0.4 is 14.8 Å². The van der Waals surface area contributed by atoms with E-state index in [0.717, 1.165) is 5.56 Å². The van der Waals surface area contributed by atoms with Crippen LogP contribution in [0.1, 0.15) is 30.5 Å². The molecule has 2 heterocycles.